The van der Waals surface area contributed by atoms with Crippen molar-refractivity contribution in [2.45, 2.75) is 13.0 Å². The average Bonchev–Trinajstić information content (AvgIpc) is 2.69. The fourth-order valence-corrected chi connectivity index (χ4v) is 2.40. The van der Waals surface area contributed by atoms with E-state index in [2.05, 4.69) is 10.00 Å². The first kappa shape index (κ1) is 15.5. The van der Waals surface area contributed by atoms with Crippen molar-refractivity contribution in [1.29, 1.82) is 0 Å². The van der Waals surface area contributed by atoms with Crippen LogP contribution < -0.4 is 11.1 Å². The molecule has 1 aliphatic heterocycles. The number of carbonyl (C=O) groups excluding carboxylic acids is 1. The SMILES string of the molecule is O=C(Cn1[nH]c(=O)ccc1=O)N1CCCN(CCO)CC1. The molecule has 2 N–H and O–H groups in total. The lowest BCUT2D eigenvalue weighted by Crippen LogP contribution is -2.40. The van der Waals surface area contributed by atoms with Crippen LogP contribution >= 0.6 is 0 Å². The Bertz CT molecular complexity index is 594. The first-order valence-electron chi connectivity index (χ1n) is 7.01. The normalized spacial score (nSPS) is 16.7. The van der Waals surface area contributed by atoms with Gasteiger partial charge in [-0.2, -0.15) is 0 Å². The van der Waals surface area contributed by atoms with Gasteiger partial charge in [0.1, 0.15) is 6.54 Å². The van der Waals surface area contributed by atoms with Crippen LogP contribution in [0.15, 0.2) is 21.7 Å². The average molecular weight is 296 g/mol. The highest BCUT2D eigenvalue weighted by atomic mass is 16.3. The van der Waals surface area contributed by atoms with Crippen molar-refractivity contribution in [3.8, 4) is 0 Å². The number of β-amino-alcohol motifs (C(OH)–C–C–N with tert-alkyl or cyclic N) is 1. The van der Waals surface area contributed by atoms with Crippen LogP contribution in [0, 0.1) is 0 Å². The molecule has 1 aliphatic rings. The van der Waals surface area contributed by atoms with Crippen molar-refractivity contribution >= 4 is 5.91 Å². The van der Waals surface area contributed by atoms with Crippen LogP contribution in [0.2, 0.25) is 0 Å². The van der Waals surface area contributed by atoms with E-state index >= 15 is 0 Å². The maximum Gasteiger partial charge on any atom is 0.265 e. The van der Waals surface area contributed by atoms with Gasteiger partial charge in [-0.05, 0) is 13.0 Å². The molecule has 0 saturated carbocycles. The van der Waals surface area contributed by atoms with Crippen molar-refractivity contribution in [1.82, 2.24) is 19.6 Å². The van der Waals surface area contributed by atoms with Gasteiger partial charge >= 0.3 is 0 Å². The molecule has 0 radical (unpaired) electrons. The summed E-state index contributed by atoms with van der Waals surface area (Å²) in [6.45, 7) is 3.27. The number of aromatic nitrogens is 2. The number of amides is 1. The van der Waals surface area contributed by atoms with Gasteiger partial charge < -0.3 is 10.0 Å². The minimum absolute atomic E-state index is 0.106. The van der Waals surface area contributed by atoms with Crippen LogP contribution in [0.5, 0.6) is 0 Å². The molecule has 1 aromatic heterocycles. The summed E-state index contributed by atoms with van der Waals surface area (Å²) in [7, 11) is 0. The van der Waals surface area contributed by atoms with Gasteiger partial charge in [0.05, 0.1) is 6.61 Å². The number of hydrogen-bond donors (Lipinski definition) is 2. The summed E-state index contributed by atoms with van der Waals surface area (Å²) >= 11 is 0. The minimum Gasteiger partial charge on any atom is -0.395 e. The summed E-state index contributed by atoms with van der Waals surface area (Å²) in [4.78, 5) is 38.8. The fraction of sp³-hybridized carbons (Fsp3) is 0.615. The molecule has 0 aliphatic carbocycles. The summed E-state index contributed by atoms with van der Waals surface area (Å²) in [5, 5.41) is 11.3. The molecule has 0 spiro atoms. The molecule has 1 saturated heterocycles. The van der Waals surface area contributed by atoms with E-state index in [-0.39, 0.29) is 19.1 Å². The van der Waals surface area contributed by atoms with Gasteiger partial charge in [0.2, 0.25) is 5.91 Å². The molecule has 0 unspecified atom stereocenters. The Labute approximate surface area is 121 Å². The maximum absolute atomic E-state index is 12.2. The third-order valence-corrected chi connectivity index (χ3v) is 3.54. The second-order valence-electron chi connectivity index (χ2n) is 5.03. The number of aliphatic hydroxyl groups excluding tert-OH is 1. The number of aromatic amines is 1. The quantitative estimate of drug-likeness (QED) is 0.674. The molecule has 21 heavy (non-hydrogen) atoms. The number of nitrogens with zero attached hydrogens (tertiary/aromatic N) is 3. The maximum atomic E-state index is 12.2. The first-order valence-corrected chi connectivity index (χ1v) is 7.01. The molecule has 1 aromatic rings. The number of nitrogens with one attached hydrogen (secondary N) is 1. The van der Waals surface area contributed by atoms with E-state index in [4.69, 9.17) is 5.11 Å². The zero-order chi connectivity index (χ0) is 15.2. The monoisotopic (exact) mass is 296 g/mol. The molecule has 2 heterocycles. The van der Waals surface area contributed by atoms with Crippen LogP contribution in [0.4, 0.5) is 0 Å². The van der Waals surface area contributed by atoms with Crippen molar-refractivity contribution < 1.29 is 9.90 Å². The van der Waals surface area contributed by atoms with E-state index in [1.807, 2.05) is 0 Å². The van der Waals surface area contributed by atoms with Gasteiger partial charge in [0, 0.05) is 38.3 Å². The van der Waals surface area contributed by atoms with Gasteiger partial charge in [-0.1, -0.05) is 0 Å². The Balaban J connectivity index is 1.98. The Hall–Kier alpha value is -1.93. The topological polar surface area (TPSA) is 98.6 Å². The van der Waals surface area contributed by atoms with Crippen molar-refractivity contribution in [3.63, 3.8) is 0 Å². The molecule has 1 amide bonds. The fourth-order valence-electron chi connectivity index (χ4n) is 2.40. The van der Waals surface area contributed by atoms with Crippen LogP contribution in [-0.2, 0) is 11.3 Å². The molecule has 8 heteroatoms. The molecule has 8 nitrogen and oxygen atoms in total. The highest BCUT2D eigenvalue weighted by Gasteiger charge is 2.19. The van der Waals surface area contributed by atoms with Gasteiger partial charge in [0.25, 0.3) is 11.1 Å². The molecular weight excluding hydrogens is 276 g/mol. The lowest BCUT2D eigenvalue weighted by molar-refractivity contribution is -0.132. The Kier molecular flexibility index (Phi) is 5.29. The Morgan fingerprint density at radius 3 is 2.76 bits per heavy atom. The summed E-state index contributed by atoms with van der Waals surface area (Å²) < 4.78 is 1.03. The standard InChI is InChI=1S/C13H20N4O4/c18-9-8-15-4-1-5-16(7-6-15)13(21)10-17-12(20)3-2-11(19)14-17/h2-3,18H,1,4-10H2,(H,14,19). The van der Waals surface area contributed by atoms with Crippen LogP contribution in [-0.4, -0.2) is 69.9 Å². The predicted molar refractivity (Wildman–Crippen MR) is 76.0 cm³/mol. The third-order valence-electron chi connectivity index (χ3n) is 3.54. The summed E-state index contributed by atoms with van der Waals surface area (Å²) in [5.41, 5.74) is -0.813. The zero-order valence-corrected chi connectivity index (χ0v) is 11.8. The van der Waals surface area contributed by atoms with Crippen LogP contribution in [0.3, 0.4) is 0 Å². The highest BCUT2D eigenvalue weighted by Crippen LogP contribution is 2.03. The number of hydrogen-bond acceptors (Lipinski definition) is 5. The largest absolute Gasteiger partial charge is 0.395 e. The number of H-pyrrole nitrogens is 1. The second kappa shape index (κ2) is 7.19. The second-order valence-corrected chi connectivity index (χ2v) is 5.03. The van der Waals surface area contributed by atoms with E-state index in [0.717, 1.165) is 29.8 Å². The number of rotatable bonds is 4. The van der Waals surface area contributed by atoms with Crippen molar-refractivity contribution in [2.24, 2.45) is 0 Å². The molecular formula is C13H20N4O4. The van der Waals surface area contributed by atoms with E-state index in [1.165, 1.54) is 0 Å². The molecule has 0 bridgehead atoms. The molecule has 2 rings (SSSR count). The Morgan fingerprint density at radius 1 is 1.19 bits per heavy atom. The van der Waals surface area contributed by atoms with Gasteiger partial charge in [-0.15, -0.1) is 0 Å². The van der Waals surface area contributed by atoms with Crippen molar-refractivity contribution in [2.75, 3.05) is 39.3 Å². The summed E-state index contributed by atoms with van der Waals surface area (Å²) in [6, 6.07) is 2.29. The number of carbonyl (C=O) groups is 1. The summed E-state index contributed by atoms with van der Waals surface area (Å²) in [5.74, 6) is -0.190. The number of aliphatic hydroxyl groups is 1. The molecule has 116 valence electrons. The first-order chi connectivity index (χ1) is 10.1. The van der Waals surface area contributed by atoms with Crippen LogP contribution in [0.1, 0.15) is 6.42 Å². The van der Waals surface area contributed by atoms with Gasteiger partial charge in [-0.25, -0.2) is 4.68 Å². The minimum atomic E-state index is -0.410. The van der Waals surface area contributed by atoms with Gasteiger partial charge in [0.15, 0.2) is 0 Å². The predicted octanol–water partition coefficient (Wildman–Crippen LogP) is -1.94. The van der Waals surface area contributed by atoms with Crippen molar-refractivity contribution in [3.05, 3.63) is 32.8 Å². The van der Waals surface area contributed by atoms with E-state index in [1.54, 1.807) is 4.90 Å². The van der Waals surface area contributed by atoms with E-state index in [0.29, 0.717) is 26.2 Å². The highest BCUT2D eigenvalue weighted by molar-refractivity contribution is 5.75. The smallest absolute Gasteiger partial charge is 0.265 e. The summed E-state index contributed by atoms with van der Waals surface area (Å²) in [6.07, 6.45) is 0.825. The molecule has 0 aromatic carbocycles. The zero-order valence-electron chi connectivity index (χ0n) is 11.8. The van der Waals surface area contributed by atoms with Crippen LogP contribution in [0.25, 0.3) is 0 Å². The molecule has 1 fully saturated rings. The Morgan fingerprint density at radius 2 is 2.00 bits per heavy atom. The van der Waals surface area contributed by atoms with Gasteiger partial charge in [-0.3, -0.25) is 24.4 Å². The van der Waals surface area contributed by atoms with E-state index < -0.39 is 11.1 Å². The third kappa shape index (κ3) is 4.27. The lowest BCUT2D eigenvalue weighted by atomic mass is 10.3. The van der Waals surface area contributed by atoms with E-state index in [9.17, 15) is 14.4 Å². The molecule has 0 atom stereocenters. The lowest BCUT2D eigenvalue weighted by Gasteiger charge is -2.21.